The van der Waals surface area contributed by atoms with Gasteiger partial charge in [0.05, 0.1) is 12.1 Å². The fraction of sp³-hybridized carbons (Fsp3) is 0.133. The summed E-state index contributed by atoms with van der Waals surface area (Å²) in [4.78, 5) is 4.39. The van der Waals surface area contributed by atoms with Crippen LogP contribution in [-0.4, -0.2) is 16.7 Å². The molecule has 96 valence electrons. The predicted octanol–water partition coefficient (Wildman–Crippen LogP) is 3.75. The molecular weight excluding hydrogens is 260 g/mol. The van der Waals surface area contributed by atoms with Crippen molar-refractivity contribution in [3.63, 3.8) is 0 Å². The van der Waals surface area contributed by atoms with Crippen molar-refractivity contribution in [3.05, 3.63) is 59.4 Å². The van der Waals surface area contributed by atoms with E-state index in [-0.39, 0.29) is 0 Å². The Hall–Kier alpha value is -2.00. The fourth-order valence-electron chi connectivity index (χ4n) is 2.11. The molecule has 0 bridgehead atoms. The number of fused-ring (bicyclic) bond motifs is 1. The Morgan fingerprint density at radius 3 is 2.68 bits per heavy atom. The highest BCUT2D eigenvalue weighted by Crippen LogP contribution is 2.23. The molecule has 4 heteroatoms. The molecule has 1 aromatic carbocycles. The lowest BCUT2D eigenvalue weighted by Gasteiger charge is -2.06. The molecule has 3 aromatic rings. The number of aromatic nitrogens is 2. The largest absolute Gasteiger partial charge is 0.497 e. The summed E-state index contributed by atoms with van der Waals surface area (Å²) in [6.07, 6.45) is 3.74. The Balaban J connectivity index is 1.94. The Kier molecular flexibility index (Phi) is 3.13. The molecule has 0 radical (unpaired) electrons. The van der Waals surface area contributed by atoms with Crippen LogP contribution in [0.5, 0.6) is 5.75 Å². The number of rotatable bonds is 3. The molecule has 0 spiro atoms. The van der Waals surface area contributed by atoms with Crippen molar-refractivity contribution in [3.8, 4) is 5.75 Å². The third kappa shape index (κ3) is 2.29. The van der Waals surface area contributed by atoms with Gasteiger partial charge >= 0.3 is 0 Å². The smallest absolute Gasteiger partial charge is 0.141 e. The molecule has 2 aromatic heterocycles. The molecule has 0 amide bonds. The number of halogens is 1. The Labute approximate surface area is 116 Å². The van der Waals surface area contributed by atoms with Crippen LogP contribution in [0.1, 0.15) is 5.56 Å². The van der Waals surface area contributed by atoms with Crippen LogP contribution in [0.3, 0.4) is 0 Å². The Bertz CT molecular complexity index is 704. The van der Waals surface area contributed by atoms with E-state index in [1.54, 1.807) is 13.3 Å². The molecular formula is C15H13ClN2O. The highest BCUT2D eigenvalue weighted by Gasteiger charge is 2.05. The first-order valence-electron chi connectivity index (χ1n) is 6.00. The third-order valence-electron chi connectivity index (χ3n) is 3.12. The van der Waals surface area contributed by atoms with E-state index >= 15 is 0 Å². The van der Waals surface area contributed by atoms with E-state index in [0.717, 1.165) is 28.4 Å². The van der Waals surface area contributed by atoms with Gasteiger partial charge in [0.15, 0.2) is 0 Å². The number of nitrogens with zero attached hydrogens (tertiary/aromatic N) is 2. The van der Waals surface area contributed by atoms with E-state index in [9.17, 15) is 0 Å². The first-order chi connectivity index (χ1) is 9.28. The summed E-state index contributed by atoms with van der Waals surface area (Å²) in [5.41, 5.74) is 2.10. The molecule has 0 saturated carbocycles. The molecule has 0 aliphatic rings. The summed E-state index contributed by atoms with van der Waals surface area (Å²) < 4.78 is 7.24. The second kappa shape index (κ2) is 4.94. The minimum atomic E-state index is 0.735. The average molecular weight is 273 g/mol. The number of hydrogen-bond acceptors (Lipinski definition) is 2. The quantitative estimate of drug-likeness (QED) is 0.726. The zero-order chi connectivity index (χ0) is 13.2. The number of methoxy groups -OCH3 is 1. The second-order valence-electron chi connectivity index (χ2n) is 4.32. The molecule has 0 aliphatic heterocycles. The van der Waals surface area contributed by atoms with Gasteiger partial charge in [-0.15, -0.1) is 0 Å². The SMILES string of the molecule is COc1ccc(Cn2ccc3c(Cl)ccnc32)cc1. The topological polar surface area (TPSA) is 27.1 Å². The van der Waals surface area contributed by atoms with Crippen molar-refractivity contribution in [2.24, 2.45) is 0 Å². The van der Waals surface area contributed by atoms with Crippen LogP contribution < -0.4 is 4.74 Å². The monoisotopic (exact) mass is 272 g/mol. The van der Waals surface area contributed by atoms with Gasteiger partial charge < -0.3 is 9.30 Å². The first kappa shape index (κ1) is 12.1. The van der Waals surface area contributed by atoms with Crippen molar-refractivity contribution in [1.29, 1.82) is 0 Å². The Morgan fingerprint density at radius 2 is 1.95 bits per heavy atom. The lowest BCUT2D eigenvalue weighted by molar-refractivity contribution is 0.414. The van der Waals surface area contributed by atoms with Crippen LogP contribution in [-0.2, 0) is 6.54 Å². The van der Waals surface area contributed by atoms with Crippen molar-refractivity contribution in [2.75, 3.05) is 7.11 Å². The maximum atomic E-state index is 6.14. The van der Waals surface area contributed by atoms with Gasteiger partial charge in [-0.05, 0) is 29.8 Å². The molecule has 0 aliphatic carbocycles. The maximum Gasteiger partial charge on any atom is 0.141 e. The molecule has 0 N–H and O–H groups in total. The van der Waals surface area contributed by atoms with Crippen LogP contribution in [0, 0.1) is 0 Å². The normalized spacial score (nSPS) is 10.8. The number of benzene rings is 1. The van der Waals surface area contributed by atoms with E-state index in [2.05, 4.69) is 21.7 Å². The summed E-state index contributed by atoms with van der Waals surface area (Å²) in [6, 6.07) is 11.8. The lowest BCUT2D eigenvalue weighted by Crippen LogP contribution is -1.99. The van der Waals surface area contributed by atoms with Gasteiger partial charge in [0.1, 0.15) is 11.4 Å². The molecule has 2 heterocycles. The minimum Gasteiger partial charge on any atom is -0.497 e. The summed E-state index contributed by atoms with van der Waals surface area (Å²) in [5, 5.41) is 1.72. The van der Waals surface area contributed by atoms with Crippen molar-refractivity contribution in [2.45, 2.75) is 6.54 Å². The van der Waals surface area contributed by atoms with Crippen molar-refractivity contribution >= 4 is 22.6 Å². The molecule has 3 rings (SSSR count). The van der Waals surface area contributed by atoms with Crippen LogP contribution in [0.2, 0.25) is 5.02 Å². The molecule has 0 saturated heterocycles. The van der Waals surface area contributed by atoms with Gasteiger partial charge in [-0.3, -0.25) is 0 Å². The second-order valence-corrected chi connectivity index (χ2v) is 4.73. The van der Waals surface area contributed by atoms with Gasteiger partial charge in [0.25, 0.3) is 0 Å². The first-order valence-corrected chi connectivity index (χ1v) is 6.38. The van der Waals surface area contributed by atoms with E-state index in [1.165, 1.54) is 5.56 Å². The van der Waals surface area contributed by atoms with Crippen LogP contribution >= 0.6 is 11.6 Å². The zero-order valence-electron chi connectivity index (χ0n) is 10.5. The molecule has 19 heavy (non-hydrogen) atoms. The average Bonchev–Trinajstić information content (AvgIpc) is 2.84. The standard InChI is InChI=1S/C15H13ClN2O/c1-19-12-4-2-11(3-5-12)10-18-9-7-13-14(16)6-8-17-15(13)18/h2-9H,10H2,1H3. The van der Waals surface area contributed by atoms with Gasteiger partial charge in [0, 0.05) is 24.3 Å². The molecule has 3 nitrogen and oxygen atoms in total. The predicted molar refractivity (Wildman–Crippen MR) is 76.8 cm³/mol. The van der Waals surface area contributed by atoms with E-state index < -0.39 is 0 Å². The van der Waals surface area contributed by atoms with Crippen molar-refractivity contribution < 1.29 is 4.74 Å². The minimum absolute atomic E-state index is 0.735. The van der Waals surface area contributed by atoms with E-state index in [4.69, 9.17) is 16.3 Å². The third-order valence-corrected chi connectivity index (χ3v) is 3.45. The van der Waals surface area contributed by atoms with Crippen molar-refractivity contribution in [1.82, 2.24) is 9.55 Å². The van der Waals surface area contributed by atoms with Crippen LogP contribution in [0.15, 0.2) is 48.8 Å². The van der Waals surface area contributed by atoms with Gasteiger partial charge in [-0.25, -0.2) is 4.98 Å². The molecule has 0 unspecified atom stereocenters. The summed E-state index contributed by atoms with van der Waals surface area (Å²) in [5.74, 6) is 0.863. The van der Waals surface area contributed by atoms with Crippen LogP contribution in [0.25, 0.3) is 11.0 Å². The molecule has 0 fully saturated rings. The lowest BCUT2D eigenvalue weighted by atomic mass is 10.2. The van der Waals surface area contributed by atoms with E-state index in [1.807, 2.05) is 30.5 Å². The molecule has 0 atom stereocenters. The summed E-state index contributed by atoms with van der Waals surface area (Å²) in [7, 11) is 1.67. The maximum absolute atomic E-state index is 6.14. The number of hydrogen-bond donors (Lipinski definition) is 0. The summed E-state index contributed by atoms with van der Waals surface area (Å²) in [6.45, 7) is 0.765. The number of ether oxygens (including phenoxy) is 1. The fourth-order valence-corrected chi connectivity index (χ4v) is 2.32. The van der Waals surface area contributed by atoms with Gasteiger partial charge in [0.2, 0.25) is 0 Å². The highest BCUT2D eigenvalue weighted by molar-refractivity contribution is 6.35. The van der Waals surface area contributed by atoms with Gasteiger partial charge in [-0.2, -0.15) is 0 Å². The van der Waals surface area contributed by atoms with E-state index in [0.29, 0.717) is 0 Å². The van der Waals surface area contributed by atoms with Gasteiger partial charge in [-0.1, -0.05) is 23.7 Å². The highest BCUT2D eigenvalue weighted by atomic mass is 35.5. The number of pyridine rings is 1. The van der Waals surface area contributed by atoms with Crippen LogP contribution in [0.4, 0.5) is 0 Å². The Morgan fingerprint density at radius 1 is 1.16 bits per heavy atom. The zero-order valence-corrected chi connectivity index (χ0v) is 11.3. The summed E-state index contributed by atoms with van der Waals surface area (Å²) >= 11 is 6.14.